The van der Waals surface area contributed by atoms with E-state index in [0.29, 0.717) is 16.7 Å². The van der Waals surface area contributed by atoms with E-state index in [1.165, 1.54) is 19.8 Å². The van der Waals surface area contributed by atoms with Crippen molar-refractivity contribution in [1.29, 1.82) is 0 Å². The van der Waals surface area contributed by atoms with Crippen LogP contribution in [0.2, 0.25) is 0 Å². The van der Waals surface area contributed by atoms with Crippen LogP contribution >= 0.6 is 0 Å². The fourth-order valence-electron chi connectivity index (χ4n) is 5.79. The van der Waals surface area contributed by atoms with Crippen LogP contribution in [0.15, 0.2) is 0 Å². The zero-order valence-corrected chi connectivity index (χ0v) is 11.0. The lowest BCUT2D eigenvalue weighted by atomic mass is 9.28. The Morgan fingerprint density at radius 2 is 1.94 bits per heavy atom. The van der Waals surface area contributed by atoms with Gasteiger partial charge in [0.15, 0.2) is 0 Å². The molecule has 0 radical (unpaired) electrons. The third kappa shape index (κ3) is 0.761. The fraction of sp³-hybridized carbons (Fsp3) is 0.929. The van der Waals surface area contributed by atoms with Crippen molar-refractivity contribution < 1.29 is 9.53 Å². The Labute approximate surface area is 97.7 Å². The van der Waals surface area contributed by atoms with Gasteiger partial charge in [0.2, 0.25) is 0 Å². The first-order valence-corrected chi connectivity index (χ1v) is 6.43. The van der Waals surface area contributed by atoms with Crippen LogP contribution in [0.4, 0.5) is 0 Å². The van der Waals surface area contributed by atoms with E-state index in [4.69, 9.17) is 4.74 Å². The molecule has 0 bridgehead atoms. The van der Waals surface area contributed by atoms with Gasteiger partial charge in [-0.2, -0.15) is 0 Å². The van der Waals surface area contributed by atoms with E-state index >= 15 is 0 Å². The van der Waals surface area contributed by atoms with Gasteiger partial charge in [0.25, 0.3) is 0 Å². The molecule has 0 aromatic rings. The van der Waals surface area contributed by atoms with Crippen LogP contribution in [0.25, 0.3) is 0 Å². The summed E-state index contributed by atoms with van der Waals surface area (Å²) in [4.78, 5) is 11.2. The number of esters is 1. The molecule has 3 rings (SSSR count). The third-order valence-corrected chi connectivity index (χ3v) is 6.64. The van der Waals surface area contributed by atoms with Gasteiger partial charge in [0.1, 0.15) is 6.10 Å². The van der Waals surface area contributed by atoms with Gasteiger partial charge in [-0.05, 0) is 35.5 Å². The molecule has 0 saturated heterocycles. The smallest absolute Gasteiger partial charge is 0.302 e. The molecule has 0 aromatic carbocycles. The zero-order chi connectivity index (χ0) is 11.9. The first kappa shape index (κ1) is 10.6. The maximum absolute atomic E-state index is 11.2. The van der Waals surface area contributed by atoms with Crippen molar-refractivity contribution in [3.05, 3.63) is 0 Å². The second-order valence-corrected chi connectivity index (χ2v) is 7.06. The standard InChI is InChI=1S/C14H22O2/c1-8-10-6-12(3)7-13(4,14(10,12)5)11(8)16-9(2)15/h8,10-11H,6-7H2,1-5H3. The van der Waals surface area contributed by atoms with Crippen LogP contribution in [0, 0.1) is 28.1 Å². The van der Waals surface area contributed by atoms with Crippen molar-refractivity contribution in [2.45, 2.75) is 53.6 Å². The van der Waals surface area contributed by atoms with Crippen LogP contribution in [-0.2, 0) is 9.53 Å². The van der Waals surface area contributed by atoms with E-state index in [0.717, 1.165) is 5.92 Å². The van der Waals surface area contributed by atoms with Gasteiger partial charge in [-0.15, -0.1) is 0 Å². The number of rotatable bonds is 1. The summed E-state index contributed by atoms with van der Waals surface area (Å²) in [6, 6.07) is 0. The molecule has 3 fully saturated rings. The minimum atomic E-state index is -0.114. The minimum absolute atomic E-state index is 0.114. The molecule has 2 nitrogen and oxygen atoms in total. The van der Waals surface area contributed by atoms with Crippen LogP contribution in [0.1, 0.15) is 47.5 Å². The Bertz CT molecular complexity index is 377. The molecule has 3 aliphatic carbocycles. The van der Waals surface area contributed by atoms with E-state index in [9.17, 15) is 4.79 Å². The van der Waals surface area contributed by atoms with Crippen molar-refractivity contribution >= 4 is 5.97 Å². The quantitative estimate of drug-likeness (QED) is 0.637. The summed E-state index contributed by atoms with van der Waals surface area (Å²) in [7, 11) is 0. The lowest BCUT2D eigenvalue weighted by Gasteiger charge is -2.76. The molecule has 2 heteroatoms. The molecule has 90 valence electrons. The second kappa shape index (κ2) is 2.49. The fourth-order valence-corrected chi connectivity index (χ4v) is 5.79. The molecule has 0 aromatic heterocycles. The summed E-state index contributed by atoms with van der Waals surface area (Å²) in [5.41, 5.74) is 1.17. The van der Waals surface area contributed by atoms with E-state index in [-0.39, 0.29) is 17.5 Å². The lowest BCUT2D eigenvalue weighted by Crippen LogP contribution is -2.70. The van der Waals surface area contributed by atoms with Gasteiger partial charge < -0.3 is 4.74 Å². The van der Waals surface area contributed by atoms with Crippen molar-refractivity contribution in [1.82, 2.24) is 0 Å². The SMILES string of the molecule is CC(=O)OC1C(C)C2CC3(C)CC1(C)C23C. The highest BCUT2D eigenvalue weighted by Gasteiger charge is 2.84. The van der Waals surface area contributed by atoms with Gasteiger partial charge in [-0.1, -0.05) is 27.7 Å². The average Bonchev–Trinajstić information content (AvgIpc) is 2.27. The van der Waals surface area contributed by atoms with Gasteiger partial charge in [-0.3, -0.25) is 4.79 Å². The summed E-state index contributed by atoms with van der Waals surface area (Å²) in [5.74, 6) is 1.19. The summed E-state index contributed by atoms with van der Waals surface area (Å²) in [6.07, 6.45) is 2.71. The van der Waals surface area contributed by atoms with Gasteiger partial charge in [0, 0.05) is 12.3 Å². The lowest BCUT2D eigenvalue weighted by molar-refractivity contribution is -0.288. The zero-order valence-electron chi connectivity index (χ0n) is 11.0. The summed E-state index contributed by atoms with van der Waals surface area (Å²) >= 11 is 0. The minimum Gasteiger partial charge on any atom is -0.462 e. The average molecular weight is 222 g/mol. The highest BCUT2D eigenvalue weighted by molar-refractivity contribution is 5.66. The van der Waals surface area contributed by atoms with E-state index < -0.39 is 0 Å². The maximum atomic E-state index is 11.2. The largest absolute Gasteiger partial charge is 0.462 e. The van der Waals surface area contributed by atoms with E-state index in [1.807, 2.05) is 0 Å². The van der Waals surface area contributed by atoms with Crippen LogP contribution in [0.3, 0.4) is 0 Å². The Morgan fingerprint density at radius 3 is 2.38 bits per heavy atom. The molecule has 0 spiro atoms. The molecule has 3 saturated carbocycles. The van der Waals surface area contributed by atoms with Crippen LogP contribution in [-0.4, -0.2) is 12.1 Å². The highest BCUT2D eigenvalue weighted by Crippen LogP contribution is 2.87. The molecule has 0 aliphatic heterocycles. The van der Waals surface area contributed by atoms with Crippen molar-refractivity contribution in [2.75, 3.05) is 0 Å². The topological polar surface area (TPSA) is 26.3 Å². The molecular weight excluding hydrogens is 200 g/mol. The predicted molar refractivity (Wildman–Crippen MR) is 61.8 cm³/mol. The molecular formula is C14H22O2. The molecule has 6 atom stereocenters. The Kier molecular flexibility index (Phi) is 1.65. The number of hydrogen-bond acceptors (Lipinski definition) is 2. The molecule has 3 aliphatic rings. The molecule has 0 amide bonds. The predicted octanol–water partition coefficient (Wildman–Crippen LogP) is 3.01. The van der Waals surface area contributed by atoms with Crippen LogP contribution in [0.5, 0.6) is 0 Å². The van der Waals surface area contributed by atoms with Crippen molar-refractivity contribution in [3.8, 4) is 0 Å². The number of hydrogen-bond donors (Lipinski definition) is 0. The maximum Gasteiger partial charge on any atom is 0.302 e. The normalized spacial score (nSPS) is 61.9. The number of carbonyl (C=O) groups excluding carboxylic acids is 1. The van der Waals surface area contributed by atoms with Crippen molar-refractivity contribution in [2.24, 2.45) is 28.1 Å². The van der Waals surface area contributed by atoms with E-state index in [1.54, 1.807) is 0 Å². The summed E-state index contributed by atoms with van der Waals surface area (Å²) < 4.78 is 5.63. The monoisotopic (exact) mass is 222 g/mol. The molecule has 0 heterocycles. The summed E-state index contributed by atoms with van der Waals surface area (Å²) in [5, 5.41) is 0. The second-order valence-electron chi connectivity index (χ2n) is 7.06. The first-order chi connectivity index (χ1) is 7.26. The molecule has 0 N–H and O–H groups in total. The molecule has 16 heavy (non-hydrogen) atoms. The third-order valence-electron chi connectivity index (χ3n) is 6.64. The number of ether oxygens (including phenoxy) is 1. The number of carbonyl (C=O) groups is 1. The Morgan fingerprint density at radius 1 is 1.31 bits per heavy atom. The van der Waals surface area contributed by atoms with Gasteiger partial charge in [0.05, 0.1) is 0 Å². The van der Waals surface area contributed by atoms with Gasteiger partial charge >= 0.3 is 5.97 Å². The van der Waals surface area contributed by atoms with Crippen molar-refractivity contribution in [3.63, 3.8) is 0 Å². The van der Waals surface area contributed by atoms with Gasteiger partial charge in [-0.25, -0.2) is 0 Å². The Balaban J connectivity index is 1.97. The highest BCUT2D eigenvalue weighted by atomic mass is 16.5. The van der Waals surface area contributed by atoms with Crippen LogP contribution < -0.4 is 0 Å². The molecule has 6 unspecified atom stereocenters. The first-order valence-electron chi connectivity index (χ1n) is 6.43. The van der Waals surface area contributed by atoms with E-state index in [2.05, 4.69) is 27.7 Å². The Hall–Kier alpha value is -0.530. The summed E-state index contributed by atoms with van der Waals surface area (Å²) in [6.45, 7) is 11.0.